The molecule has 1 aromatic carbocycles. The van der Waals surface area contributed by atoms with Crippen LogP contribution in [-0.2, 0) is 11.2 Å². The van der Waals surface area contributed by atoms with Crippen LogP contribution in [0.1, 0.15) is 31.2 Å². The lowest BCUT2D eigenvalue weighted by Gasteiger charge is -2.42. The van der Waals surface area contributed by atoms with Gasteiger partial charge in [-0.3, -0.25) is 4.90 Å². The van der Waals surface area contributed by atoms with Crippen molar-refractivity contribution in [3.63, 3.8) is 0 Å². The zero-order valence-electron chi connectivity index (χ0n) is 16.4. The molecule has 0 amide bonds. The van der Waals surface area contributed by atoms with E-state index in [1.165, 1.54) is 64.0 Å². The molecule has 4 nitrogen and oxygen atoms in total. The van der Waals surface area contributed by atoms with Crippen molar-refractivity contribution < 1.29 is 4.74 Å². The molecule has 1 spiro atoms. The summed E-state index contributed by atoms with van der Waals surface area (Å²) < 4.78 is 6.75. The molecular formula is C22H35N3O. The molecule has 0 aromatic heterocycles. The number of likely N-dealkylation sites (tertiary alicyclic amines) is 1. The van der Waals surface area contributed by atoms with Crippen LogP contribution in [0.4, 0.5) is 0 Å². The highest BCUT2D eigenvalue weighted by atomic mass is 16.5. The molecule has 0 unspecified atom stereocenters. The molecule has 3 heterocycles. The summed E-state index contributed by atoms with van der Waals surface area (Å²) in [5, 5.41) is 0. The van der Waals surface area contributed by atoms with Gasteiger partial charge < -0.3 is 14.5 Å². The average Bonchev–Trinajstić information content (AvgIpc) is 3.05. The third kappa shape index (κ3) is 4.66. The van der Waals surface area contributed by atoms with Gasteiger partial charge in [0.2, 0.25) is 0 Å². The Morgan fingerprint density at radius 3 is 2.62 bits per heavy atom. The predicted molar refractivity (Wildman–Crippen MR) is 107 cm³/mol. The van der Waals surface area contributed by atoms with Gasteiger partial charge in [-0.15, -0.1) is 0 Å². The molecule has 2 atom stereocenters. The summed E-state index contributed by atoms with van der Waals surface area (Å²) >= 11 is 0. The van der Waals surface area contributed by atoms with Gasteiger partial charge in [-0.1, -0.05) is 30.3 Å². The Kier molecular flexibility index (Phi) is 5.94. The maximum atomic E-state index is 6.75. The summed E-state index contributed by atoms with van der Waals surface area (Å²) in [5.74, 6) is 0. The number of nitrogens with zero attached hydrogens (tertiary/aromatic N) is 3. The van der Waals surface area contributed by atoms with Crippen LogP contribution in [0.5, 0.6) is 0 Å². The molecule has 0 radical (unpaired) electrons. The Labute approximate surface area is 159 Å². The molecule has 1 aromatic rings. The number of likely N-dealkylation sites (N-methyl/N-ethyl adjacent to an activating group) is 1. The second kappa shape index (κ2) is 8.39. The largest absolute Gasteiger partial charge is 0.369 e. The average molecular weight is 358 g/mol. The number of hydrogen-bond acceptors (Lipinski definition) is 4. The Morgan fingerprint density at radius 1 is 1.00 bits per heavy atom. The van der Waals surface area contributed by atoms with E-state index in [9.17, 15) is 0 Å². The van der Waals surface area contributed by atoms with Gasteiger partial charge in [0.1, 0.15) is 0 Å². The molecule has 26 heavy (non-hydrogen) atoms. The van der Waals surface area contributed by atoms with Crippen LogP contribution in [0.25, 0.3) is 0 Å². The van der Waals surface area contributed by atoms with E-state index in [1.54, 1.807) is 0 Å². The minimum Gasteiger partial charge on any atom is -0.369 e. The molecule has 0 aliphatic carbocycles. The van der Waals surface area contributed by atoms with E-state index in [-0.39, 0.29) is 5.60 Å². The van der Waals surface area contributed by atoms with E-state index < -0.39 is 0 Å². The second-order valence-corrected chi connectivity index (χ2v) is 8.68. The summed E-state index contributed by atoms with van der Waals surface area (Å²) in [6.07, 6.45) is 6.67. The van der Waals surface area contributed by atoms with Crippen LogP contribution in [0.2, 0.25) is 0 Å². The van der Waals surface area contributed by atoms with Crippen LogP contribution >= 0.6 is 0 Å². The van der Waals surface area contributed by atoms with Crippen molar-refractivity contribution >= 4 is 0 Å². The first-order chi connectivity index (χ1) is 12.7. The van der Waals surface area contributed by atoms with Gasteiger partial charge in [0.25, 0.3) is 0 Å². The monoisotopic (exact) mass is 357 g/mol. The highest BCUT2D eigenvalue weighted by Crippen LogP contribution is 2.37. The Hall–Kier alpha value is -0.940. The molecule has 4 heteroatoms. The first-order valence-corrected chi connectivity index (χ1v) is 10.6. The number of ether oxygens (including phenoxy) is 1. The number of benzene rings is 1. The summed E-state index contributed by atoms with van der Waals surface area (Å²) in [5.41, 5.74) is 1.59. The maximum absolute atomic E-state index is 6.75. The van der Waals surface area contributed by atoms with Crippen molar-refractivity contribution in [2.24, 2.45) is 0 Å². The highest BCUT2D eigenvalue weighted by Gasteiger charge is 2.43. The zero-order chi connectivity index (χ0) is 17.8. The fourth-order valence-electron chi connectivity index (χ4n) is 4.92. The van der Waals surface area contributed by atoms with Crippen molar-refractivity contribution in [3.8, 4) is 0 Å². The summed E-state index contributed by atoms with van der Waals surface area (Å²) in [6.45, 7) is 9.44. The van der Waals surface area contributed by atoms with E-state index in [4.69, 9.17) is 4.74 Å². The standard InChI is InChI=1S/C22H35N3O/c1-23-14-16-24(17-15-23)18-21-8-5-10-22(26-21)11-13-25(19-22)12-9-20-6-3-2-4-7-20/h2-4,6-7,21H,5,8-19H2,1H3/t21-,22-/m1/s1. The first-order valence-electron chi connectivity index (χ1n) is 10.6. The second-order valence-electron chi connectivity index (χ2n) is 8.68. The van der Waals surface area contributed by atoms with E-state index in [0.717, 1.165) is 26.1 Å². The lowest BCUT2D eigenvalue weighted by Crippen LogP contribution is -2.51. The molecule has 4 rings (SSSR count). The quantitative estimate of drug-likeness (QED) is 0.806. The molecule has 3 saturated heterocycles. The fraction of sp³-hybridized carbons (Fsp3) is 0.727. The van der Waals surface area contributed by atoms with Crippen LogP contribution in [0.3, 0.4) is 0 Å². The Balaban J connectivity index is 1.25. The topological polar surface area (TPSA) is 19.0 Å². The van der Waals surface area contributed by atoms with Crippen LogP contribution in [-0.4, -0.2) is 85.8 Å². The van der Waals surface area contributed by atoms with Crippen molar-refractivity contribution in [1.82, 2.24) is 14.7 Å². The van der Waals surface area contributed by atoms with Gasteiger partial charge in [0.15, 0.2) is 0 Å². The smallest absolute Gasteiger partial charge is 0.0825 e. The molecular weight excluding hydrogens is 322 g/mol. The van der Waals surface area contributed by atoms with Crippen molar-refractivity contribution in [3.05, 3.63) is 35.9 Å². The number of rotatable bonds is 5. The fourth-order valence-corrected chi connectivity index (χ4v) is 4.92. The minimum absolute atomic E-state index is 0.145. The third-order valence-corrected chi connectivity index (χ3v) is 6.59. The molecule has 3 aliphatic heterocycles. The lowest BCUT2D eigenvalue weighted by molar-refractivity contribution is -0.130. The molecule has 3 aliphatic rings. The zero-order valence-corrected chi connectivity index (χ0v) is 16.4. The van der Waals surface area contributed by atoms with E-state index >= 15 is 0 Å². The highest BCUT2D eigenvalue weighted by molar-refractivity contribution is 5.15. The van der Waals surface area contributed by atoms with Gasteiger partial charge in [0.05, 0.1) is 11.7 Å². The van der Waals surface area contributed by atoms with Gasteiger partial charge in [-0.05, 0) is 44.7 Å². The van der Waals surface area contributed by atoms with Gasteiger partial charge in [-0.25, -0.2) is 0 Å². The van der Waals surface area contributed by atoms with Crippen LogP contribution in [0.15, 0.2) is 30.3 Å². The SMILES string of the molecule is CN1CCN(C[C@H]2CCC[C@]3(CCN(CCc4ccccc4)C3)O2)CC1. The Bertz CT molecular complexity index is 558. The number of piperazine rings is 1. The van der Waals surface area contributed by atoms with Crippen molar-refractivity contribution in [2.45, 2.75) is 43.8 Å². The third-order valence-electron chi connectivity index (χ3n) is 6.59. The van der Waals surface area contributed by atoms with E-state index in [0.29, 0.717) is 6.10 Å². The van der Waals surface area contributed by atoms with E-state index in [2.05, 4.69) is 52.1 Å². The normalized spacial score (nSPS) is 31.7. The molecule has 0 saturated carbocycles. The molecule has 144 valence electrons. The molecule has 0 bridgehead atoms. The summed E-state index contributed by atoms with van der Waals surface area (Å²) in [7, 11) is 2.23. The Morgan fingerprint density at radius 2 is 1.81 bits per heavy atom. The minimum atomic E-state index is 0.145. The summed E-state index contributed by atoms with van der Waals surface area (Å²) in [6, 6.07) is 10.9. The van der Waals surface area contributed by atoms with Crippen LogP contribution < -0.4 is 0 Å². The maximum Gasteiger partial charge on any atom is 0.0825 e. The van der Waals surface area contributed by atoms with Gasteiger partial charge in [-0.2, -0.15) is 0 Å². The molecule has 0 N–H and O–H groups in total. The predicted octanol–water partition coefficient (Wildman–Crippen LogP) is 2.49. The number of hydrogen-bond donors (Lipinski definition) is 0. The lowest BCUT2D eigenvalue weighted by atomic mass is 9.90. The van der Waals surface area contributed by atoms with Crippen molar-refractivity contribution in [2.75, 3.05) is 59.4 Å². The van der Waals surface area contributed by atoms with E-state index in [1.807, 2.05) is 0 Å². The van der Waals surface area contributed by atoms with Gasteiger partial charge >= 0.3 is 0 Å². The van der Waals surface area contributed by atoms with Crippen molar-refractivity contribution in [1.29, 1.82) is 0 Å². The molecule has 3 fully saturated rings. The van der Waals surface area contributed by atoms with Gasteiger partial charge in [0, 0.05) is 52.4 Å². The summed E-state index contributed by atoms with van der Waals surface area (Å²) in [4.78, 5) is 7.68. The van der Waals surface area contributed by atoms with Crippen LogP contribution in [0, 0.1) is 0 Å². The first kappa shape index (κ1) is 18.4.